The Morgan fingerprint density at radius 2 is 1.89 bits per heavy atom. The largest absolute Gasteiger partial charge is 0.450 e. The van der Waals surface area contributed by atoms with Crippen molar-refractivity contribution in [3.8, 4) is 0 Å². The van der Waals surface area contributed by atoms with E-state index in [0.29, 0.717) is 12.3 Å². The molecule has 6 nitrogen and oxygen atoms in total. The normalized spacial score (nSPS) is 13.0. The van der Waals surface area contributed by atoms with Crippen LogP contribution in [0.25, 0.3) is 0 Å². The van der Waals surface area contributed by atoms with Crippen LogP contribution in [-0.2, 0) is 11.2 Å². The number of nitrogens with one attached hydrogen (secondary N) is 1. The monoisotopic (exact) mass is 381 g/mol. The number of ketones is 1. The van der Waals surface area contributed by atoms with Gasteiger partial charge in [0.05, 0.1) is 12.2 Å². The highest BCUT2D eigenvalue weighted by atomic mass is 16.2. The number of carbonyl (C=O) groups is 2. The van der Waals surface area contributed by atoms with Gasteiger partial charge >= 0.3 is 0 Å². The van der Waals surface area contributed by atoms with Crippen LogP contribution in [0.1, 0.15) is 42.7 Å². The number of aromatic nitrogens is 2. The van der Waals surface area contributed by atoms with Crippen LogP contribution in [0, 0.1) is 5.92 Å². The molecule has 0 aliphatic carbocycles. The van der Waals surface area contributed by atoms with E-state index in [9.17, 15) is 14.6 Å². The fraction of sp³-hybridized carbons (Fsp3) is 0.429. The Labute approximate surface area is 166 Å². The number of rotatable bonds is 10. The van der Waals surface area contributed by atoms with Crippen LogP contribution in [0.3, 0.4) is 0 Å². The van der Waals surface area contributed by atoms with Crippen molar-refractivity contribution in [2.45, 2.75) is 51.8 Å². The molecule has 1 unspecified atom stereocenters. The fourth-order valence-electron chi connectivity index (χ4n) is 3.20. The summed E-state index contributed by atoms with van der Waals surface area (Å²) in [6.07, 6.45) is 5.65. The maximum Gasteiger partial charge on any atom is 0.289 e. The molecule has 0 saturated heterocycles. The molecule has 2 atom stereocenters. The topological polar surface area (TPSA) is 92.2 Å². The maximum absolute atomic E-state index is 13.0. The minimum atomic E-state index is -0.690. The lowest BCUT2D eigenvalue weighted by Crippen LogP contribution is -2.43. The summed E-state index contributed by atoms with van der Waals surface area (Å²) in [5.41, 5.74) is 1.13. The minimum Gasteiger partial charge on any atom is -0.450 e. The second kappa shape index (κ2) is 10.7. The number of nitrogens with zero attached hydrogens (tertiary/aromatic N) is 2. The molecular weight excluding hydrogens is 353 g/mol. The summed E-state index contributed by atoms with van der Waals surface area (Å²) in [5.74, 6) is -0.291. The van der Waals surface area contributed by atoms with Crippen molar-refractivity contribution in [2.75, 3.05) is 0 Å². The molecule has 148 valence electrons. The highest BCUT2D eigenvalue weighted by molar-refractivity contribution is 6.50. The molecule has 0 radical (unpaired) electrons. The van der Waals surface area contributed by atoms with Gasteiger partial charge in [0.2, 0.25) is 0 Å². The average molecular weight is 381 g/mol. The van der Waals surface area contributed by atoms with Crippen molar-refractivity contribution in [2.24, 2.45) is 5.92 Å². The molecule has 2 N–H and O–H groups in total. The minimum absolute atomic E-state index is 0.0901. The summed E-state index contributed by atoms with van der Waals surface area (Å²) in [6, 6.07) is 8.87. The van der Waals surface area contributed by atoms with Crippen LogP contribution in [0.5, 0.6) is 0 Å². The molecule has 2 rings (SSSR count). The van der Waals surface area contributed by atoms with Gasteiger partial charge in [0.1, 0.15) is 5.69 Å². The lowest BCUT2D eigenvalue weighted by Gasteiger charge is -2.23. The first-order valence-electron chi connectivity index (χ1n) is 9.68. The standard InChI is InChI=1S/C21H28BN3O3/c1-15(2)11-17(22(3)28)13-20(26)18(12-16-7-5-4-6-8-16)25-21(27)19-14-23-9-10-24-19/h4-10,14-15,17-18,28H,11-13H2,1-3H3,(H,25,27)/t17?,18-/m0/s1. The fourth-order valence-corrected chi connectivity index (χ4v) is 3.20. The van der Waals surface area contributed by atoms with Crippen molar-refractivity contribution >= 4 is 18.6 Å². The third-order valence-corrected chi connectivity index (χ3v) is 4.69. The molecule has 0 aliphatic heterocycles. The number of amides is 1. The van der Waals surface area contributed by atoms with E-state index in [1.165, 1.54) is 18.6 Å². The van der Waals surface area contributed by atoms with E-state index in [4.69, 9.17) is 0 Å². The molecule has 2 aromatic rings. The van der Waals surface area contributed by atoms with E-state index in [1.54, 1.807) is 6.82 Å². The molecule has 7 heteroatoms. The number of hydrogen-bond donors (Lipinski definition) is 2. The Bertz CT molecular complexity index is 754. The Hall–Kier alpha value is -2.54. The zero-order chi connectivity index (χ0) is 20.5. The van der Waals surface area contributed by atoms with E-state index in [0.717, 1.165) is 12.0 Å². The predicted octanol–water partition coefficient (Wildman–Crippen LogP) is 2.81. The smallest absolute Gasteiger partial charge is 0.289 e. The second-order valence-corrected chi connectivity index (χ2v) is 7.61. The zero-order valence-electron chi connectivity index (χ0n) is 16.7. The third-order valence-electron chi connectivity index (χ3n) is 4.69. The van der Waals surface area contributed by atoms with Gasteiger partial charge in [-0.15, -0.1) is 0 Å². The summed E-state index contributed by atoms with van der Waals surface area (Å²) >= 11 is 0. The lowest BCUT2D eigenvalue weighted by molar-refractivity contribution is -0.121. The average Bonchev–Trinajstić information content (AvgIpc) is 2.68. The van der Waals surface area contributed by atoms with E-state index in [-0.39, 0.29) is 23.7 Å². The molecule has 28 heavy (non-hydrogen) atoms. The SMILES string of the molecule is CB(O)C(CC(=O)[C@H](Cc1ccccc1)NC(=O)c1cnccn1)CC(C)C. The van der Waals surface area contributed by atoms with Crippen LogP contribution in [0.15, 0.2) is 48.9 Å². The van der Waals surface area contributed by atoms with E-state index in [1.807, 2.05) is 30.3 Å². The van der Waals surface area contributed by atoms with Gasteiger partial charge in [-0.25, -0.2) is 4.98 Å². The predicted molar refractivity (Wildman–Crippen MR) is 110 cm³/mol. The van der Waals surface area contributed by atoms with Gasteiger partial charge in [0, 0.05) is 18.8 Å². The second-order valence-electron chi connectivity index (χ2n) is 7.61. The molecule has 1 amide bonds. The van der Waals surface area contributed by atoms with Crippen molar-refractivity contribution in [1.29, 1.82) is 0 Å². The molecule has 0 spiro atoms. The number of Topliss-reactive ketones (excluding diaryl/α,β-unsaturated/α-hetero) is 1. The third kappa shape index (κ3) is 6.89. The first-order chi connectivity index (χ1) is 13.4. The maximum atomic E-state index is 13.0. The van der Waals surface area contributed by atoms with Gasteiger partial charge in [0.25, 0.3) is 12.8 Å². The Kier molecular flexibility index (Phi) is 8.32. The molecule has 1 aromatic heterocycles. The first kappa shape index (κ1) is 21.8. The lowest BCUT2D eigenvalue weighted by atomic mass is 9.54. The van der Waals surface area contributed by atoms with Crippen molar-refractivity contribution in [1.82, 2.24) is 15.3 Å². The van der Waals surface area contributed by atoms with Crippen molar-refractivity contribution in [3.63, 3.8) is 0 Å². The van der Waals surface area contributed by atoms with Gasteiger partial charge in [-0.3, -0.25) is 14.6 Å². The first-order valence-corrected chi connectivity index (χ1v) is 9.68. The van der Waals surface area contributed by atoms with E-state index >= 15 is 0 Å². The summed E-state index contributed by atoms with van der Waals surface area (Å²) in [7, 11) is 0. The van der Waals surface area contributed by atoms with Crippen LogP contribution in [0.4, 0.5) is 0 Å². The molecular formula is C21H28BN3O3. The van der Waals surface area contributed by atoms with Crippen LogP contribution in [-0.4, -0.2) is 39.6 Å². The molecule has 1 heterocycles. The number of hydrogen-bond acceptors (Lipinski definition) is 5. The van der Waals surface area contributed by atoms with Gasteiger partial charge in [-0.2, -0.15) is 0 Å². The van der Waals surface area contributed by atoms with Crippen molar-refractivity contribution < 1.29 is 14.6 Å². The van der Waals surface area contributed by atoms with Gasteiger partial charge < -0.3 is 10.3 Å². The van der Waals surface area contributed by atoms with Gasteiger partial charge in [-0.05, 0) is 23.7 Å². The summed E-state index contributed by atoms with van der Waals surface area (Å²) in [4.78, 5) is 33.5. The summed E-state index contributed by atoms with van der Waals surface area (Å²) in [5, 5.41) is 12.9. The highest BCUT2D eigenvalue weighted by Gasteiger charge is 2.29. The molecule has 0 aliphatic rings. The Balaban J connectivity index is 2.16. The van der Waals surface area contributed by atoms with Gasteiger partial charge in [0.15, 0.2) is 5.78 Å². The number of benzene rings is 1. The molecule has 0 bridgehead atoms. The molecule has 0 saturated carbocycles. The van der Waals surface area contributed by atoms with Crippen molar-refractivity contribution in [3.05, 3.63) is 60.2 Å². The summed E-state index contributed by atoms with van der Waals surface area (Å²) < 4.78 is 0. The highest BCUT2D eigenvalue weighted by Crippen LogP contribution is 2.25. The van der Waals surface area contributed by atoms with Gasteiger partial charge in [-0.1, -0.05) is 57.4 Å². The van der Waals surface area contributed by atoms with Crippen LogP contribution in [0.2, 0.25) is 12.6 Å². The quantitative estimate of drug-likeness (QED) is 0.618. The van der Waals surface area contributed by atoms with E-state index < -0.39 is 18.9 Å². The Morgan fingerprint density at radius 1 is 1.18 bits per heavy atom. The molecule has 0 fully saturated rings. The zero-order valence-corrected chi connectivity index (χ0v) is 16.7. The Morgan fingerprint density at radius 3 is 2.46 bits per heavy atom. The van der Waals surface area contributed by atoms with E-state index in [2.05, 4.69) is 29.1 Å². The summed E-state index contributed by atoms with van der Waals surface area (Å²) in [6.45, 7) is 5.26. The van der Waals surface area contributed by atoms with Crippen LogP contribution >= 0.6 is 0 Å². The molecule has 1 aromatic carbocycles. The van der Waals surface area contributed by atoms with Crippen LogP contribution < -0.4 is 5.32 Å². The number of carbonyl (C=O) groups excluding carboxylic acids is 2.